The number of aliphatic imine (C=N–C) groups is 2. The van der Waals surface area contributed by atoms with E-state index >= 15 is 0 Å². The summed E-state index contributed by atoms with van der Waals surface area (Å²) in [7, 11) is 3.41. The first-order chi connectivity index (χ1) is 11.3. The molecule has 2 aromatic rings. The minimum absolute atomic E-state index is 0.0644. The van der Waals surface area contributed by atoms with Crippen molar-refractivity contribution in [1.82, 2.24) is 0 Å². The molecule has 2 aliphatic heterocycles. The largest absolute Gasteiger partial charge is 0.334 e. The van der Waals surface area contributed by atoms with Crippen LogP contribution in [0.1, 0.15) is 5.56 Å². The summed E-state index contributed by atoms with van der Waals surface area (Å²) in [5, 5.41) is 9.48. The number of benzene rings is 2. The van der Waals surface area contributed by atoms with Gasteiger partial charge in [0.15, 0.2) is 10.3 Å². The Labute approximate surface area is 144 Å². The molecular weight excluding hydrogens is 344 g/mol. The lowest BCUT2D eigenvalue weighted by Crippen LogP contribution is -2.09. The van der Waals surface area contributed by atoms with Gasteiger partial charge < -0.3 is 10.6 Å². The van der Waals surface area contributed by atoms with Crippen molar-refractivity contribution in [3.8, 4) is 0 Å². The minimum atomic E-state index is -0.0644. The highest BCUT2D eigenvalue weighted by atomic mass is 33.5. The van der Waals surface area contributed by atoms with Gasteiger partial charge in [0.25, 0.3) is 0 Å². The van der Waals surface area contributed by atoms with Crippen molar-refractivity contribution in [1.29, 1.82) is 0 Å². The van der Waals surface area contributed by atoms with Crippen LogP contribution in [0.2, 0.25) is 0 Å². The summed E-state index contributed by atoms with van der Waals surface area (Å²) in [6.45, 7) is 2.09. The number of hydrogen-bond acceptors (Lipinski definition) is 6. The summed E-state index contributed by atoms with van der Waals surface area (Å²) in [6, 6.07) is 18.3. The Kier molecular flexibility index (Phi) is 4.15. The summed E-state index contributed by atoms with van der Waals surface area (Å²) < 4.78 is 0. The van der Waals surface area contributed by atoms with E-state index in [0.29, 0.717) is 0 Å². The van der Waals surface area contributed by atoms with Gasteiger partial charge in [-0.2, -0.15) is 9.98 Å². The van der Waals surface area contributed by atoms with Crippen LogP contribution in [0.3, 0.4) is 0 Å². The zero-order chi connectivity index (χ0) is 15.6. The first kappa shape index (κ1) is 14.9. The monoisotopic (exact) mass is 358 g/mol. The van der Waals surface area contributed by atoms with Gasteiger partial charge in [0, 0.05) is 11.4 Å². The van der Waals surface area contributed by atoms with Gasteiger partial charge in [-0.15, -0.1) is 0 Å². The molecule has 0 saturated carbocycles. The molecule has 116 valence electrons. The van der Waals surface area contributed by atoms with Gasteiger partial charge in [-0.05, 0) is 60.8 Å². The Morgan fingerprint density at radius 2 is 1.48 bits per heavy atom. The smallest absolute Gasteiger partial charge is 0.203 e. The lowest BCUT2D eigenvalue weighted by atomic mass is 10.2. The number of nitrogens with zero attached hydrogens (tertiary/aromatic N) is 2. The van der Waals surface area contributed by atoms with E-state index in [4.69, 9.17) is 0 Å². The molecule has 0 fully saturated rings. The van der Waals surface area contributed by atoms with Crippen LogP contribution in [0.25, 0.3) is 0 Å². The molecule has 4 rings (SSSR count). The van der Waals surface area contributed by atoms with E-state index in [1.54, 1.807) is 21.6 Å². The molecule has 0 amide bonds. The van der Waals surface area contributed by atoms with Crippen molar-refractivity contribution in [2.75, 3.05) is 10.6 Å². The van der Waals surface area contributed by atoms with Crippen LogP contribution in [-0.4, -0.2) is 15.4 Å². The SMILES string of the molecule is Cc1ccccc1NC1=NC2=S(SC(Nc3ccccc3)=N2)S1. The van der Waals surface area contributed by atoms with Gasteiger partial charge in [-0.1, -0.05) is 36.4 Å². The standard InChI is InChI=1S/C16H14N4S3/c1-11-7-5-6-10-13(11)18-15-20-16-19-14(21-23(16)22-15)17-12-8-3-2-4-9-12/h2-10H,1H3,(H,17,19)(H,18,20). The Hall–Kier alpha value is -1.70. The third-order valence-electron chi connectivity index (χ3n) is 3.26. The molecule has 7 heteroatoms. The average molecular weight is 359 g/mol. The quantitative estimate of drug-likeness (QED) is 0.591. The third-order valence-corrected chi connectivity index (χ3v) is 8.72. The van der Waals surface area contributed by atoms with E-state index in [1.165, 1.54) is 5.56 Å². The second-order valence-corrected chi connectivity index (χ2v) is 10.5. The van der Waals surface area contributed by atoms with Gasteiger partial charge in [-0.3, -0.25) is 0 Å². The molecule has 2 N–H and O–H groups in total. The van der Waals surface area contributed by atoms with E-state index in [9.17, 15) is 0 Å². The number of anilines is 2. The maximum absolute atomic E-state index is 4.63. The van der Waals surface area contributed by atoms with Crippen LogP contribution >= 0.6 is 30.1 Å². The zero-order valence-electron chi connectivity index (χ0n) is 12.3. The highest BCUT2D eigenvalue weighted by Gasteiger charge is 2.26. The van der Waals surface area contributed by atoms with Crippen LogP contribution in [0, 0.1) is 6.92 Å². The molecule has 23 heavy (non-hydrogen) atoms. The van der Waals surface area contributed by atoms with E-state index in [2.05, 4.69) is 39.7 Å². The minimum Gasteiger partial charge on any atom is -0.334 e. The van der Waals surface area contributed by atoms with Crippen molar-refractivity contribution in [3.05, 3.63) is 60.2 Å². The number of aryl methyl sites for hydroxylation is 1. The van der Waals surface area contributed by atoms with Crippen molar-refractivity contribution >= 4 is 57.0 Å². The van der Waals surface area contributed by atoms with Crippen LogP contribution < -0.4 is 10.6 Å². The summed E-state index contributed by atoms with van der Waals surface area (Å²) in [6.07, 6.45) is 0. The van der Waals surface area contributed by atoms with E-state index in [-0.39, 0.29) is 8.55 Å². The molecule has 0 aliphatic carbocycles. The molecule has 0 radical (unpaired) electrons. The fourth-order valence-electron chi connectivity index (χ4n) is 2.12. The van der Waals surface area contributed by atoms with Crippen molar-refractivity contribution in [2.45, 2.75) is 6.92 Å². The van der Waals surface area contributed by atoms with Gasteiger partial charge in [0.1, 0.15) is 0 Å². The molecule has 2 heterocycles. The van der Waals surface area contributed by atoms with Crippen molar-refractivity contribution in [2.24, 2.45) is 9.98 Å². The van der Waals surface area contributed by atoms with Gasteiger partial charge >= 0.3 is 0 Å². The molecule has 4 nitrogen and oxygen atoms in total. The Bertz CT molecular complexity index is 843. The third kappa shape index (κ3) is 3.31. The number of para-hydroxylation sites is 2. The molecule has 0 aromatic heterocycles. The highest BCUT2D eigenvalue weighted by molar-refractivity contribution is 9.21. The van der Waals surface area contributed by atoms with Crippen LogP contribution in [0.5, 0.6) is 0 Å². The summed E-state index contributed by atoms with van der Waals surface area (Å²) in [4.78, 5) is 9.24. The Morgan fingerprint density at radius 3 is 2.17 bits per heavy atom. The zero-order valence-corrected chi connectivity index (χ0v) is 14.8. The number of amidine groups is 2. The first-order valence-corrected chi connectivity index (χ1v) is 11.0. The molecular formula is C16H14N4S3. The lowest BCUT2D eigenvalue weighted by Gasteiger charge is -2.09. The molecule has 0 saturated heterocycles. The van der Waals surface area contributed by atoms with Gasteiger partial charge in [-0.25, -0.2) is 0 Å². The normalized spacial score (nSPS) is 19.2. The lowest BCUT2D eigenvalue weighted by molar-refractivity contribution is 1.45. The summed E-state index contributed by atoms with van der Waals surface area (Å²) in [5.41, 5.74) is 3.36. The number of hydrogen-bond donors (Lipinski definition) is 2. The first-order valence-electron chi connectivity index (χ1n) is 7.08. The van der Waals surface area contributed by atoms with E-state index < -0.39 is 0 Å². The molecule has 1 atom stereocenters. The molecule has 0 bridgehead atoms. The topological polar surface area (TPSA) is 48.8 Å². The van der Waals surface area contributed by atoms with Crippen LogP contribution in [-0.2, 0) is 0 Å². The van der Waals surface area contributed by atoms with Crippen molar-refractivity contribution < 1.29 is 0 Å². The van der Waals surface area contributed by atoms with E-state index in [0.717, 1.165) is 26.8 Å². The van der Waals surface area contributed by atoms with Crippen LogP contribution in [0.4, 0.5) is 11.4 Å². The molecule has 0 spiro atoms. The van der Waals surface area contributed by atoms with Gasteiger partial charge in [0.2, 0.25) is 5.11 Å². The molecule has 2 aliphatic rings. The van der Waals surface area contributed by atoms with Gasteiger partial charge in [0.05, 0.1) is 0 Å². The predicted molar refractivity (Wildman–Crippen MR) is 108 cm³/mol. The average Bonchev–Trinajstić information content (AvgIpc) is 3.08. The highest BCUT2D eigenvalue weighted by Crippen LogP contribution is 2.53. The second kappa shape index (κ2) is 6.43. The van der Waals surface area contributed by atoms with Crippen molar-refractivity contribution in [3.63, 3.8) is 0 Å². The van der Waals surface area contributed by atoms with E-state index in [1.807, 2.05) is 42.5 Å². The Balaban J connectivity index is 1.45. The fourth-order valence-corrected chi connectivity index (χ4v) is 7.39. The predicted octanol–water partition coefficient (Wildman–Crippen LogP) is 4.91. The Morgan fingerprint density at radius 1 is 0.826 bits per heavy atom. The number of nitrogens with one attached hydrogen (secondary N) is 2. The maximum atomic E-state index is 4.63. The fraction of sp³-hybridized carbons (Fsp3) is 0.0625. The maximum Gasteiger partial charge on any atom is 0.203 e. The molecule has 1 unspecified atom stereocenters. The second-order valence-electron chi connectivity index (χ2n) is 4.95. The summed E-state index contributed by atoms with van der Waals surface area (Å²) in [5.74, 6) is 0. The molecule has 2 aromatic carbocycles. The van der Waals surface area contributed by atoms with Crippen LogP contribution in [0.15, 0.2) is 64.6 Å². The number of rotatable bonds is 2. The summed E-state index contributed by atoms with van der Waals surface area (Å²) >= 11 is 0.